The van der Waals surface area contributed by atoms with Crippen LogP contribution in [0.3, 0.4) is 0 Å². The van der Waals surface area contributed by atoms with E-state index in [1.165, 1.54) is 11.8 Å². The maximum Gasteiger partial charge on any atom is 0.190 e. The van der Waals surface area contributed by atoms with Crippen molar-refractivity contribution in [2.45, 2.75) is 10.2 Å². The molecule has 11 heavy (non-hydrogen) atoms. The third-order valence-corrected chi connectivity index (χ3v) is 2.27. The van der Waals surface area contributed by atoms with E-state index in [1.807, 2.05) is 12.5 Å². The van der Waals surface area contributed by atoms with Crippen molar-refractivity contribution in [3.63, 3.8) is 0 Å². The van der Waals surface area contributed by atoms with Crippen molar-refractivity contribution in [2.24, 2.45) is 0 Å². The van der Waals surface area contributed by atoms with Crippen molar-refractivity contribution in [2.75, 3.05) is 18.2 Å². The van der Waals surface area contributed by atoms with E-state index in [-0.39, 0.29) is 0 Å². The fourth-order valence-corrected chi connectivity index (χ4v) is 1.48. The van der Waals surface area contributed by atoms with E-state index in [0.29, 0.717) is 5.82 Å². The lowest BCUT2D eigenvalue weighted by molar-refractivity contribution is 0.903. The zero-order valence-electron chi connectivity index (χ0n) is 6.37. The van der Waals surface area contributed by atoms with Crippen molar-refractivity contribution < 1.29 is 0 Å². The molecule has 1 aromatic rings. The Morgan fingerprint density at radius 1 is 1.27 bits per heavy atom. The molecule has 1 rings (SSSR count). The number of thioether (sulfide) groups is 2. The number of nitrogens with two attached hydrogens (primary N) is 1. The molecule has 1 aromatic heterocycles. The van der Waals surface area contributed by atoms with Crippen LogP contribution in [0.15, 0.2) is 16.2 Å². The molecule has 0 aliphatic carbocycles. The minimum Gasteiger partial charge on any atom is -0.384 e. The lowest BCUT2D eigenvalue weighted by Gasteiger charge is -1.99. The Morgan fingerprint density at radius 3 is 2.55 bits per heavy atom. The molecule has 0 unspecified atom stereocenters. The Hall–Kier alpha value is -0.420. The third-order valence-electron chi connectivity index (χ3n) is 1.09. The van der Waals surface area contributed by atoms with Gasteiger partial charge in [-0.2, -0.15) is 0 Å². The standard InChI is InChI=1S/C6H9N3S2/c1-10-5-3-4(7)8-6(9-5)11-2/h3H,1-2H3,(H2,7,8,9). The molecule has 1 heterocycles. The molecule has 0 saturated heterocycles. The number of anilines is 1. The molecular formula is C6H9N3S2. The van der Waals surface area contributed by atoms with Gasteiger partial charge in [0.2, 0.25) is 0 Å². The highest BCUT2D eigenvalue weighted by Crippen LogP contribution is 2.17. The van der Waals surface area contributed by atoms with Gasteiger partial charge in [0.15, 0.2) is 5.16 Å². The third kappa shape index (κ3) is 2.27. The van der Waals surface area contributed by atoms with Crippen LogP contribution in [0.4, 0.5) is 5.82 Å². The van der Waals surface area contributed by atoms with Gasteiger partial charge in [-0.25, -0.2) is 9.97 Å². The summed E-state index contributed by atoms with van der Waals surface area (Å²) in [6.45, 7) is 0. The van der Waals surface area contributed by atoms with E-state index >= 15 is 0 Å². The second-order valence-corrected chi connectivity index (χ2v) is 3.42. The summed E-state index contributed by atoms with van der Waals surface area (Å²) in [7, 11) is 0. The molecular weight excluding hydrogens is 178 g/mol. The normalized spacial score (nSPS) is 10.0. The van der Waals surface area contributed by atoms with Crippen molar-refractivity contribution in [1.82, 2.24) is 9.97 Å². The van der Waals surface area contributed by atoms with E-state index in [2.05, 4.69) is 9.97 Å². The smallest absolute Gasteiger partial charge is 0.190 e. The first-order valence-corrected chi connectivity index (χ1v) is 5.43. The van der Waals surface area contributed by atoms with E-state index in [4.69, 9.17) is 5.73 Å². The number of hydrogen-bond acceptors (Lipinski definition) is 5. The second-order valence-electron chi connectivity index (χ2n) is 1.82. The first-order chi connectivity index (χ1) is 5.26. The maximum absolute atomic E-state index is 5.53. The summed E-state index contributed by atoms with van der Waals surface area (Å²) in [6.07, 6.45) is 3.89. The Labute approximate surface area is 74.2 Å². The van der Waals surface area contributed by atoms with Gasteiger partial charge in [0.05, 0.1) is 0 Å². The first kappa shape index (κ1) is 8.67. The van der Waals surface area contributed by atoms with Crippen LogP contribution in [0.25, 0.3) is 0 Å². The van der Waals surface area contributed by atoms with Crippen LogP contribution in [0.5, 0.6) is 0 Å². The van der Waals surface area contributed by atoms with Gasteiger partial charge in [-0.3, -0.25) is 0 Å². The highest BCUT2D eigenvalue weighted by molar-refractivity contribution is 7.99. The lowest BCUT2D eigenvalue weighted by Crippen LogP contribution is -1.95. The summed E-state index contributed by atoms with van der Waals surface area (Å²) in [6, 6.07) is 1.77. The molecule has 2 N–H and O–H groups in total. The van der Waals surface area contributed by atoms with Gasteiger partial charge in [-0.15, -0.1) is 11.8 Å². The van der Waals surface area contributed by atoms with Gasteiger partial charge in [0.1, 0.15) is 10.8 Å². The van der Waals surface area contributed by atoms with Crippen LogP contribution in [-0.2, 0) is 0 Å². The van der Waals surface area contributed by atoms with Gasteiger partial charge in [0, 0.05) is 6.07 Å². The largest absolute Gasteiger partial charge is 0.384 e. The maximum atomic E-state index is 5.53. The number of nitrogens with zero attached hydrogens (tertiary/aromatic N) is 2. The molecule has 0 aromatic carbocycles. The van der Waals surface area contributed by atoms with Crippen LogP contribution in [0.1, 0.15) is 0 Å². The Kier molecular flexibility index (Phi) is 3.02. The number of rotatable bonds is 2. The SMILES string of the molecule is CSc1cc(N)nc(SC)n1. The molecule has 0 aliphatic rings. The van der Waals surface area contributed by atoms with E-state index < -0.39 is 0 Å². The van der Waals surface area contributed by atoms with E-state index in [9.17, 15) is 0 Å². The van der Waals surface area contributed by atoms with Crippen LogP contribution in [0, 0.1) is 0 Å². The molecule has 0 amide bonds. The van der Waals surface area contributed by atoms with E-state index in [1.54, 1.807) is 17.8 Å². The Balaban J connectivity index is 3.02. The second kappa shape index (κ2) is 3.82. The molecule has 0 fully saturated rings. The van der Waals surface area contributed by atoms with Crippen LogP contribution in [0.2, 0.25) is 0 Å². The molecule has 0 saturated carbocycles. The van der Waals surface area contributed by atoms with Crippen molar-refractivity contribution in [1.29, 1.82) is 0 Å². The average molecular weight is 187 g/mol. The summed E-state index contributed by atoms with van der Waals surface area (Å²) in [5, 5.41) is 1.65. The molecule has 0 spiro atoms. The zero-order chi connectivity index (χ0) is 8.27. The summed E-state index contributed by atoms with van der Waals surface area (Å²) in [5.41, 5.74) is 5.53. The zero-order valence-corrected chi connectivity index (χ0v) is 8.00. The van der Waals surface area contributed by atoms with Crippen LogP contribution >= 0.6 is 23.5 Å². The summed E-state index contributed by atoms with van der Waals surface area (Å²) in [5.74, 6) is 0.536. The van der Waals surface area contributed by atoms with Gasteiger partial charge < -0.3 is 5.73 Å². The highest BCUT2D eigenvalue weighted by atomic mass is 32.2. The van der Waals surface area contributed by atoms with Crippen LogP contribution < -0.4 is 5.73 Å². The molecule has 3 nitrogen and oxygen atoms in total. The van der Waals surface area contributed by atoms with Crippen LogP contribution in [-0.4, -0.2) is 22.5 Å². The number of aromatic nitrogens is 2. The fraction of sp³-hybridized carbons (Fsp3) is 0.333. The molecule has 5 heteroatoms. The molecule has 60 valence electrons. The minimum atomic E-state index is 0.536. The van der Waals surface area contributed by atoms with Gasteiger partial charge in [0.25, 0.3) is 0 Å². The summed E-state index contributed by atoms with van der Waals surface area (Å²) in [4.78, 5) is 8.22. The quantitative estimate of drug-likeness (QED) is 0.432. The summed E-state index contributed by atoms with van der Waals surface area (Å²) >= 11 is 3.06. The minimum absolute atomic E-state index is 0.536. The topological polar surface area (TPSA) is 51.8 Å². The Bertz CT molecular complexity index is 229. The van der Waals surface area contributed by atoms with Gasteiger partial charge >= 0.3 is 0 Å². The first-order valence-electron chi connectivity index (χ1n) is 2.99. The predicted octanol–water partition coefficient (Wildman–Crippen LogP) is 1.50. The number of hydrogen-bond donors (Lipinski definition) is 1. The highest BCUT2D eigenvalue weighted by Gasteiger charge is 1.98. The van der Waals surface area contributed by atoms with Crippen molar-refractivity contribution >= 4 is 29.3 Å². The molecule has 0 bridgehead atoms. The van der Waals surface area contributed by atoms with Gasteiger partial charge in [-0.05, 0) is 12.5 Å². The Morgan fingerprint density at radius 2 is 2.00 bits per heavy atom. The summed E-state index contributed by atoms with van der Waals surface area (Å²) < 4.78 is 0. The number of nitrogen functional groups attached to an aromatic ring is 1. The predicted molar refractivity (Wildman–Crippen MR) is 50.0 cm³/mol. The lowest BCUT2D eigenvalue weighted by atomic mass is 10.6. The van der Waals surface area contributed by atoms with Crippen molar-refractivity contribution in [3.05, 3.63) is 6.07 Å². The average Bonchev–Trinajstić information content (AvgIpc) is 2.03. The molecule has 0 radical (unpaired) electrons. The van der Waals surface area contributed by atoms with E-state index in [0.717, 1.165) is 10.2 Å². The van der Waals surface area contributed by atoms with Gasteiger partial charge in [-0.1, -0.05) is 11.8 Å². The molecule has 0 aliphatic heterocycles. The monoisotopic (exact) mass is 187 g/mol. The van der Waals surface area contributed by atoms with Crippen molar-refractivity contribution in [3.8, 4) is 0 Å². The molecule has 0 atom stereocenters. The fourth-order valence-electron chi connectivity index (χ4n) is 0.617.